The monoisotopic (exact) mass is 346 g/mol. The lowest BCUT2D eigenvalue weighted by molar-refractivity contribution is -0.122. The molecule has 0 bridgehead atoms. The Morgan fingerprint density at radius 3 is 2.76 bits per heavy atom. The average Bonchev–Trinajstić information content (AvgIpc) is 3.07. The fourth-order valence-electron chi connectivity index (χ4n) is 2.60. The summed E-state index contributed by atoms with van der Waals surface area (Å²) in [7, 11) is 0. The van der Waals surface area contributed by atoms with Gasteiger partial charge in [-0.2, -0.15) is 4.98 Å². The first-order valence-corrected chi connectivity index (χ1v) is 8.48. The molecule has 0 radical (unpaired) electrons. The number of nitrogens with one attached hydrogen (secondary N) is 1. The number of hydrogen-bond donors (Lipinski definition) is 2. The SMILES string of the molecule is CC(C)C(O)C(C)(C)CNC(=O)CCc1nc(-c2ccccn2)no1. The maximum absolute atomic E-state index is 12.0. The second kappa shape index (κ2) is 8.20. The summed E-state index contributed by atoms with van der Waals surface area (Å²) in [5.74, 6) is 0.839. The Balaban J connectivity index is 1.82. The van der Waals surface area contributed by atoms with Gasteiger partial charge >= 0.3 is 0 Å². The second-order valence-electron chi connectivity index (χ2n) is 7.18. The predicted octanol–water partition coefficient (Wildman–Crippen LogP) is 2.22. The number of amides is 1. The van der Waals surface area contributed by atoms with Gasteiger partial charge in [-0.3, -0.25) is 9.78 Å². The van der Waals surface area contributed by atoms with Crippen molar-refractivity contribution in [2.75, 3.05) is 6.54 Å². The highest BCUT2D eigenvalue weighted by Gasteiger charge is 2.30. The Kier molecular flexibility index (Phi) is 6.25. The summed E-state index contributed by atoms with van der Waals surface area (Å²) in [6.45, 7) is 8.21. The number of nitrogens with zero attached hydrogens (tertiary/aromatic N) is 3. The minimum Gasteiger partial charge on any atom is -0.392 e. The van der Waals surface area contributed by atoms with Crippen molar-refractivity contribution >= 4 is 5.91 Å². The van der Waals surface area contributed by atoms with Gasteiger partial charge in [0.05, 0.1) is 6.10 Å². The van der Waals surface area contributed by atoms with E-state index in [9.17, 15) is 9.90 Å². The van der Waals surface area contributed by atoms with Gasteiger partial charge < -0.3 is 14.9 Å². The van der Waals surface area contributed by atoms with Crippen LogP contribution in [0.25, 0.3) is 11.5 Å². The number of rotatable bonds is 8. The zero-order valence-electron chi connectivity index (χ0n) is 15.2. The van der Waals surface area contributed by atoms with Crippen LogP contribution in [-0.4, -0.2) is 38.8 Å². The third-order valence-corrected chi connectivity index (χ3v) is 4.10. The fraction of sp³-hybridized carbons (Fsp3) is 0.556. The van der Waals surface area contributed by atoms with Crippen LogP contribution >= 0.6 is 0 Å². The molecule has 1 unspecified atom stereocenters. The normalized spacial score (nSPS) is 13.0. The number of aryl methyl sites for hydroxylation is 1. The van der Waals surface area contributed by atoms with E-state index in [0.29, 0.717) is 30.4 Å². The van der Waals surface area contributed by atoms with E-state index in [1.807, 2.05) is 39.8 Å². The molecule has 1 amide bonds. The molecule has 0 saturated carbocycles. The Morgan fingerprint density at radius 2 is 2.12 bits per heavy atom. The van der Waals surface area contributed by atoms with Crippen LogP contribution in [-0.2, 0) is 11.2 Å². The Bertz CT molecular complexity index is 683. The number of pyridine rings is 1. The van der Waals surface area contributed by atoms with Crippen LogP contribution in [0.5, 0.6) is 0 Å². The summed E-state index contributed by atoms with van der Waals surface area (Å²) in [5, 5.41) is 16.9. The number of hydrogen-bond acceptors (Lipinski definition) is 6. The predicted molar refractivity (Wildman–Crippen MR) is 93.5 cm³/mol. The topological polar surface area (TPSA) is 101 Å². The number of aromatic nitrogens is 3. The largest absolute Gasteiger partial charge is 0.392 e. The Labute approximate surface area is 147 Å². The molecular formula is C18H26N4O3. The van der Waals surface area contributed by atoms with E-state index in [4.69, 9.17) is 4.52 Å². The van der Waals surface area contributed by atoms with Crippen LogP contribution in [0.1, 0.15) is 40.0 Å². The van der Waals surface area contributed by atoms with Crippen LogP contribution in [0.15, 0.2) is 28.9 Å². The molecular weight excluding hydrogens is 320 g/mol. The Hall–Kier alpha value is -2.28. The number of aliphatic hydroxyl groups excluding tert-OH is 1. The van der Waals surface area contributed by atoms with Crippen molar-refractivity contribution in [3.8, 4) is 11.5 Å². The first kappa shape index (κ1) is 19.1. The lowest BCUT2D eigenvalue weighted by Crippen LogP contribution is -2.43. The van der Waals surface area contributed by atoms with Crippen molar-refractivity contribution in [1.29, 1.82) is 0 Å². The lowest BCUT2D eigenvalue weighted by Gasteiger charge is -2.33. The first-order chi connectivity index (χ1) is 11.8. The molecule has 0 fully saturated rings. The Morgan fingerprint density at radius 1 is 1.36 bits per heavy atom. The van der Waals surface area contributed by atoms with Gasteiger partial charge in [-0.1, -0.05) is 38.9 Å². The summed E-state index contributed by atoms with van der Waals surface area (Å²) in [4.78, 5) is 20.4. The highest BCUT2D eigenvalue weighted by Crippen LogP contribution is 2.25. The molecule has 0 aromatic carbocycles. The minimum absolute atomic E-state index is 0.110. The van der Waals surface area contributed by atoms with Crippen molar-refractivity contribution in [1.82, 2.24) is 20.4 Å². The second-order valence-corrected chi connectivity index (χ2v) is 7.18. The first-order valence-electron chi connectivity index (χ1n) is 8.48. The fourth-order valence-corrected chi connectivity index (χ4v) is 2.60. The third-order valence-electron chi connectivity index (χ3n) is 4.10. The van der Waals surface area contributed by atoms with E-state index in [1.54, 1.807) is 12.3 Å². The van der Waals surface area contributed by atoms with Crippen molar-refractivity contribution in [2.24, 2.45) is 11.3 Å². The molecule has 2 heterocycles. The van der Waals surface area contributed by atoms with Gasteiger partial charge in [0.25, 0.3) is 0 Å². The van der Waals surface area contributed by atoms with Crippen LogP contribution in [0.4, 0.5) is 0 Å². The maximum Gasteiger partial charge on any atom is 0.227 e. The van der Waals surface area contributed by atoms with Gasteiger partial charge in [0.1, 0.15) is 5.69 Å². The van der Waals surface area contributed by atoms with Gasteiger partial charge in [0.2, 0.25) is 17.6 Å². The van der Waals surface area contributed by atoms with E-state index in [1.165, 1.54) is 0 Å². The summed E-state index contributed by atoms with van der Waals surface area (Å²) in [6, 6.07) is 5.45. The molecule has 2 N–H and O–H groups in total. The number of aliphatic hydroxyl groups is 1. The number of carbonyl (C=O) groups is 1. The van der Waals surface area contributed by atoms with Gasteiger partial charge in [-0.25, -0.2) is 0 Å². The van der Waals surface area contributed by atoms with Crippen molar-refractivity contribution < 1.29 is 14.4 Å². The smallest absolute Gasteiger partial charge is 0.227 e. The molecule has 0 aliphatic heterocycles. The molecule has 7 nitrogen and oxygen atoms in total. The molecule has 7 heteroatoms. The van der Waals surface area contributed by atoms with Crippen LogP contribution in [0.2, 0.25) is 0 Å². The summed E-state index contributed by atoms with van der Waals surface area (Å²) in [5.41, 5.74) is 0.242. The number of carbonyl (C=O) groups excluding carboxylic acids is 1. The molecule has 25 heavy (non-hydrogen) atoms. The molecule has 2 aromatic heterocycles. The third kappa shape index (κ3) is 5.35. The highest BCUT2D eigenvalue weighted by atomic mass is 16.5. The summed E-state index contributed by atoms with van der Waals surface area (Å²) in [6.07, 6.45) is 1.78. The lowest BCUT2D eigenvalue weighted by atomic mass is 9.80. The molecule has 136 valence electrons. The van der Waals surface area contributed by atoms with Crippen LogP contribution in [0, 0.1) is 11.3 Å². The average molecular weight is 346 g/mol. The van der Waals surface area contributed by atoms with E-state index >= 15 is 0 Å². The molecule has 1 atom stereocenters. The summed E-state index contributed by atoms with van der Waals surface area (Å²) >= 11 is 0. The molecule has 0 aliphatic rings. The minimum atomic E-state index is -0.482. The van der Waals surface area contributed by atoms with Crippen LogP contribution in [0.3, 0.4) is 0 Å². The van der Waals surface area contributed by atoms with Gasteiger partial charge in [-0.15, -0.1) is 0 Å². The van der Waals surface area contributed by atoms with Crippen molar-refractivity contribution in [3.63, 3.8) is 0 Å². The van der Waals surface area contributed by atoms with Gasteiger partial charge in [0.15, 0.2) is 0 Å². The van der Waals surface area contributed by atoms with Crippen LogP contribution < -0.4 is 5.32 Å². The molecule has 0 aliphatic carbocycles. The van der Waals surface area contributed by atoms with E-state index in [-0.39, 0.29) is 23.7 Å². The molecule has 0 spiro atoms. The van der Waals surface area contributed by atoms with Crippen molar-refractivity contribution in [2.45, 2.75) is 46.6 Å². The zero-order valence-corrected chi connectivity index (χ0v) is 15.2. The zero-order chi connectivity index (χ0) is 18.4. The van der Waals surface area contributed by atoms with Gasteiger partial charge in [-0.05, 0) is 18.1 Å². The van der Waals surface area contributed by atoms with Gasteiger partial charge in [0, 0.05) is 31.0 Å². The highest BCUT2D eigenvalue weighted by molar-refractivity contribution is 5.76. The van der Waals surface area contributed by atoms with E-state index < -0.39 is 6.10 Å². The molecule has 2 rings (SSSR count). The quantitative estimate of drug-likeness (QED) is 0.760. The molecule has 0 saturated heterocycles. The summed E-state index contributed by atoms with van der Waals surface area (Å²) < 4.78 is 5.16. The van der Waals surface area contributed by atoms with Crippen molar-refractivity contribution in [3.05, 3.63) is 30.3 Å². The van der Waals surface area contributed by atoms with E-state index in [2.05, 4.69) is 20.4 Å². The van der Waals surface area contributed by atoms with E-state index in [0.717, 1.165) is 0 Å². The standard InChI is InChI=1S/C18H26N4O3/c1-12(2)16(24)18(3,4)11-20-14(23)8-9-15-21-17(22-25-15)13-7-5-6-10-19-13/h5-7,10,12,16,24H,8-9,11H2,1-4H3,(H,20,23). The molecule has 2 aromatic rings. The maximum atomic E-state index is 12.0.